The van der Waals surface area contributed by atoms with Gasteiger partial charge in [-0.1, -0.05) is 18.2 Å². The first-order chi connectivity index (χ1) is 10.2. The molecule has 2 heterocycles. The second-order valence-electron chi connectivity index (χ2n) is 5.70. The van der Waals surface area contributed by atoms with Crippen LogP contribution in [-0.2, 0) is 0 Å². The minimum atomic E-state index is 0.0959. The van der Waals surface area contributed by atoms with Crippen LogP contribution in [0.3, 0.4) is 0 Å². The van der Waals surface area contributed by atoms with Gasteiger partial charge in [-0.15, -0.1) is 0 Å². The van der Waals surface area contributed by atoms with Gasteiger partial charge in [0.2, 0.25) is 0 Å². The van der Waals surface area contributed by atoms with Crippen LogP contribution >= 0.6 is 0 Å². The number of para-hydroxylation sites is 1. The molecule has 0 aliphatic carbocycles. The normalized spacial score (nSPS) is 18.9. The minimum absolute atomic E-state index is 0.0959. The van der Waals surface area contributed by atoms with E-state index in [1.165, 1.54) is 5.56 Å². The molecule has 1 aliphatic heterocycles. The molecule has 0 radical (unpaired) electrons. The van der Waals surface area contributed by atoms with Crippen molar-refractivity contribution in [1.82, 2.24) is 5.43 Å². The Hall–Kier alpha value is -1.78. The van der Waals surface area contributed by atoms with Crippen LogP contribution in [0.5, 0.6) is 5.75 Å². The predicted octanol–water partition coefficient (Wildman–Crippen LogP) is 3.36. The molecule has 0 spiro atoms. The van der Waals surface area contributed by atoms with Gasteiger partial charge >= 0.3 is 0 Å². The Morgan fingerprint density at radius 1 is 1.33 bits per heavy atom. The van der Waals surface area contributed by atoms with E-state index in [9.17, 15) is 0 Å². The highest BCUT2D eigenvalue weighted by atomic mass is 16.5. The first kappa shape index (κ1) is 14.2. The van der Waals surface area contributed by atoms with E-state index in [1.807, 2.05) is 26.0 Å². The van der Waals surface area contributed by atoms with E-state index in [4.69, 9.17) is 15.0 Å². The number of ether oxygens (including phenoxy) is 1. The van der Waals surface area contributed by atoms with E-state index in [0.29, 0.717) is 5.92 Å². The second-order valence-corrected chi connectivity index (χ2v) is 5.70. The van der Waals surface area contributed by atoms with E-state index in [2.05, 4.69) is 23.6 Å². The molecule has 2 unspecified atom stereocenters. The van der Waals surface area contributed by atoms with E-state index in [0.717, 1.165) is 42.3 Å². The molecule has 4 heteroatoms. The number of benzene rings is 1. The average Bonchev–Trinajstić information content (AvgIpc) is 2.83. The quantitative estimate of drug-likeness (QED) is 0.668. The van der Waals surface area contributed by atoms with E-state index < -0.39 is 0 Å². The van der Waals surface area contributed by atoms with Gasteiger partial charge in [-0.25, -0.2) is 0 Å². The molecule has 0 bridgehead atoms. The average molecular weight is 286 g/mol. The number of hydrazine groups is 1. The zero-order valence-electron chi connectivity index (χ0n) is 12.6. The van der Waals surface area contributed by atoms with Crippen molar-refractivity contribution < 1.29 is 9.15 Å². The molecule has 1 aromatic heterocycles. The number of hydrogen-bond donors (Lipinski definition) is 2. The van der Waals surface area contributed by atoms with Crippen molar-refractivity contribution in [3.05, 3.63) is 53.0 Å². The Kier molecular flexibility index (Phi) is 3.99. The maximum Gasteiger partial charge on any atom is 0.122 e. The fraction of sp³-hybridized carbons (Fsp3) is 0.412. The van der Waals surface area contributed by atoms with Gasteiger partial charge in [0.05, 0.1) is 6.61 Å². The van der Waals surface area contributed by atoms with Gasteiger partial charge in [0.1, 0.15) is 17.3 Å². The number of rotatable bonds is 4. The highest BCUT2D eigenvalue weighted by Crippen LogP contribution is 2.39. The fourth-order valence-corrected chi connectivity index (χ4v) is 3.23. The summed E-state index contributed by atoms with van der Waals surface area (Å²) in [5.41, 5.74) is 5.38. The van der Waals surface area contributed by atoms with Crippen molar-refractivity contribution in [3.8, 4) is 5.75 Å². The first-order valence-electron chi connectivity index (χ1n) is 7.44. The predicted molar refractivity (Wildman–Crippen MR) is 82.2 cm³/mol. The summed E-state index contributed by atoms with van der Waals surface area (Å²) < 4.78 is 11.4. The molecule has 3 N–H and O–H groups in total. The van der Waals surface area contributed by atoms with Crippen molar-refractivity contribution >= 4 is 0 Å². The summed E-state index contributed by atoms with van der Waals surface area (Å²) in [6.45, 7) is 4.72. The van der Waals surface area contributed by atoms with E-state index >= 15 is 0 Å². The number of nitrogens with two attached hydrogens (primary N) is 1. The van der Waals surface area contributed by atoms with Crippen molar-refractivity contribution in [2.24, 2.45) is 5.84 Å². The Labute approximate surface area is 125 Å². The Bertz CT molecular complexity index is 621. The molecule has 3 rings (SSSR count). The molecule has 0 amide bonds. The van der Waals surface area contributed by atoms with Gasteiger partial charge in [0.25, 0.3) is 0 Å². The molecule has 2 atom stereocenters. The third-order valence-electron chi connectivity index (χ3n) is 4.26. The lowest BCUT2D eigenvalue weighted by Crippen LogP contribution is -2.30. The summed E-state index contributed by atoms with van der Waals surface area (Å²) in [6, 6.07) is 10.5. The molecule has 2 aromatic rings. The molecular formula is C17H22N2O2. The third-order valence-corrected chi connectivity index (χ3v) is 4.26. The summed E-state index contributed by atoms with van der Waals surface area (Å²) in [5, 5.41) is 0. The maximum atomic E-state index is 5.80. The zero-order valence-corrected chi connectivity index (χ0v) is 12.6. The molecule has 0 saturated heterocycles. The Morgan fingerprint density at radius 3 is 2.86 bits per heavy atom. The van der Waals surface area contributed by atoms with Crippen LogP contribution in [0.1, 0.15) is 47.4 Å². The number of nitrogens with one attached hydrogen (secondary N) is 1. The largest absolute Gasteiger partial charge is 0.493 e. The zero-order chi connectivity index (χ0) is 14.8. The molecule has 0 saturated carbocycles. The minimum Gasteiger partial charge on any atom is -0.493 e. The highest BCUT2D eigenvalue weighted by molar-refractivity contribution is 5.38. The third kappa shape index (κ3) is 2.82. The lowest BCUT2D eigenvalue weighted by Gasteiger charge is -2.28. The molecule has 0 fully saturated rings. The van der Waals surface area contributed by atoms with Crippen molar-refractivity contribution in [2.75, 3.05) is 6.61 Å². The highest BCUT2D eigenvalue weighted by Gasteiger charge is 2.26. The summed E-state index contributed by atoms with van der Waals surface area (Å²) in [4.78, 5) is 0. The van der Waals surface area contributed by atoms with E-state index in [-0.39, 0.29) is 6.04 Å². The second kappa shape index (κ2) is 5.92. The van der Waals surface area contributed by atoms with Crippen LogP contribution < -0.4 is 16.0 Å². The molecule has 4 nitrogen and oxygen atoms in total. The van der Waals surface area contributed by atoms with Gasteiger partial charge in [0, 0.05) is 11.6 Å². The lowest BCUT2D eigenvalue weighted by atomic mass is 9.86. The Morgan fingerprint density at radius 2 is 2.14 bits per heavy atom. The van der Waals surface area contributed by atoms with Crippen molar-refractivity contribution in [3.63, 3.8) is 0 Å². The van der Waals surface area contributed by atoms with Crippen LogP contribution in [0.25, 0.3) is 0 Å². The maximum absolute atomic E-state index is 5.80. The van der Waals surface area contributed by atoms with Gasteiger partial charge in [-0.3, -0.25) is 11.3 Å². The number of fused-ring (bicyclic) bond motifs is 1. The van der Waals surface area contributed by atoms with Crippen LogP contribution in [0.2, 0.25) is 0 Å². The molecule has 21 heavy (non-hydrogen) atoms. The van der Waals surface area contributed by atoms with Crippen molar-refractivity contribution in [1.29, 1.82) is 0 Å². The number of furan rings is 1. The summed E-state index contributed by atoms with van der Waals surface area (Å²) >= 11 is 0. The topological polar surface area (TPSA) is 60.4 Å². The fourth-order valence-electron chi connectivity index (χ4n) is 3.23. The van der Waals surface area contributed by atoms with Gasteiger partial charge in [-0.05, 0) is 50.3 Å². The number of aryl methyl sites for hydroxylation is 2. The molecule has 1 aromatic carbocycles. The standard InChI is InChI=1S/C17H22N2O2/c1-11-9-15(12(2)21-11)16(19-18)10-13-7-8-20-17-6-4-3-5-14(13)17/h3-6,9,13,16,19H,7-8,10,18H2,1-2H3. The van der Waals surface area contributed by atoms with Gasteiger partial charge < -0.3 is 9.15 Å². The van der Waals surface area contributed by atoms with Crippen LogP contribution in [-0.4, -0.2) is 6.61 Å². The SMILES string of the molecule is Cc1cc(C(CC2CCOc3ccccc32)NN)c(C)o1. The van der Waals surface area contributed by atoms with Gasteiger partial charge in [0.15, 0.2) is 0 Å². The molecule has 112 valence electrons. The van der Waals surface area contributed by atoms with E-state index in [1.54, 1.807) is 0 Å². The Balaban J connectivity index is 1.84. The monoisotopic (exact) mass is 286 g/mol. The van der Waals surface area contributed by atoms with Gasteiger partial charge in [-0.2, -0.15) is 0 Å². The van der Waals surface area contributed by atoms with Crippen LogP contribution in [0.4, 0.5) is 0 Å². The molecule has 1 aliphatic rings. The van der Waals surface area contributed by atoms with Crippen molar-refractivity contribution in [2.45, 2.75) is 38.6 Å². The summed E-state index contributed by atoms with van der Waals surface area (Å²) in [5.74, 6) is 9.12. The molecular weight excluding hydrogens is 264 g/mol. The smallest absolute Gasteiger partial charge is 0.122 e. The summed E-state index contributed by atoms with van der Waals surface area (Å²) in [7, 11) is 0. The first-order valence-corrected chi connectivity index (χ1v) is 7.44. The van der Waals surface area contributed by atoms with Crippen LogP contribution in [0.15, 0.2) is 34.7 Å². The van der Waals surface area contributed by atoms with Crippen LogP contribution in [0, 0.1) is 13.8 Å². The number of hydrogen-bond acceptors (Lipinski definition) is 4. The summed E-state index contributed by atoms with van der Waals surface area (Å²) in [6.07, 6.45) is 1.96. The lowest BCUT2D eigenvalue weighted by molar-refractivity contribution is 0.255.